The number of carbonyl (C=O) groups excluding carboxylic acids is 1. The second-order valence-corrected chi connectivity index (χ2v) is 8.22. The highest BCUT2D eigenvalue weighted by molar-refractivity contribution is 5.99. The first-order valence-electron chi connectivity index (χ1n) is 10.5. The van der Waals surface area contributed by atoms with E-state index in [1.807, 2.05) is 68.4 Å². The van der Waals surface area contributed by atoms with Crippen LogP contribution in [0.2, 0.25) is 0 Å². The Labute approximate surface area is 180 Å². The maximum atomic E-state index is 13.5. The number of aryl methyl sites for hydroxylation is 2. The molecule has 0 N–H and O–H groups in total. The summed E-state index contributed by atoms with van der Waals surface area (Å²) in [6, 6.07) is 23.1. The normalized spacial score (nSPS) is 15.5. The molecular weight excluding hydrogens is 386 g/mol. The molecule has 1 aromatic heterocycles. The van der Waals surface area contributed by atoms with Crippen molar-refractivity contribution in [3.8, 4) is 0 Å². The highest BCUT2D eigenvalue weighted by atomic mass is 16.3. The lowest BCUT2D eigenvalue weighted by Crippen LogP contribution is -2.31. The standard InChI is InChI=1S/C27H23NO3/c1-17-8-11-20(12-9-17)24-23-25(29)21-13-10-18(2)16-22(21)31-26(23)27(30)28(24)15-14-19-6-4-3-5-7-19/h3-13,16,24H,14-15H2,1-2H3/t24-/m1/s1. The summed E-state index contributed by atoms with van der Waals surface area (Å²) in [6.45, 7) is 4.46. The Morgan fingerprint density at radius 3 is 2.32 bits per heavy atom. The minimum absolute atomic E-state index is 0.127. The van der Waals surface area contributed by atoms with Crippen LogP contribution >= 0.6 is 0 Å². The Kier molecular flexibility index (Phi) is 4.70. The largest absolute Gasteiger partial charge is 0.450 e. The molecule has 4 nitrogen and oxygen atoms in total. The number of hydrogen-bond donors (Lipinski definition) is 0. The number of amides is 1. The molecule has 5 rings (SSSR count). The zero-order valence-electron chi connectivity index (χ0n) is 17.6. The first-order valence-corrected chi connectivity index (χ1v) is 10.5. The third-order valence-electron chi connectivity index (χ3n) is 6.00. The van der Waals surface area contributed by atoms with Crippen LogP contribution in [0.25, 0.3) is 11.0 Å². The van der Waals surface area contributed by atoms with Crippen LogP contribution in [0.1, 0.15) is 44.4 Å². The second kappa shape index (κ2) is 7.55. The van der Waals surface area contributed by atoms with Gasteiger partial charge < -0.3 is 9.32 Å². The van der Waals surface area contributed by atoms with Gasteiger partial charge in [0, 0.05) is 6.54 Å². The number of hydrogen-bond acceptors (Lipinski definition) is 3. The van der Waals surface area contributed by atoms with Crippen LogP contribution in [0.4, 0.5) is 0 Å². The Bertz CT molecular complexity index is 1340. The van der Waals surface area contributed by atoms with Crippen LogP contribution in [0.5, 0.6) is 0 Å². The van der Waals surface area contributed by atoms with Gasteiger partial charge in [0.05, 0.1) is 17.0 Å². The van der Waals surface area contributed by atoms with Crippen molar-refractivity contribution in [2.45, 2.75) is 26.3 Å². The highest BCUT2D eigenvalue weighted by Crippen LogP contribution is 2.38. The van der Waals surface area contributed by atoms with Crippen molar-refractivity contribution in [1.82, 2.24) is 4.90 Å². The first-order chi connectivity index (χ1) is 15.0. The summed E-state index contributed by atoms with van der Waals surface area (Å²) in [4.78, 5) is 28.7. The number of rotatable bonds is 4. The van der Waals surface area contributed by atoms with E-state index in [2.05, 4.69) is 12.1 Å². The molecule has 0 spiro atoms. The van der Waals surface area contributed by atoms with Crippen LogP contribution in [0.15, 0.2) is 82.0 Å². The van der Waals surface area contributed by atoms with Crippen LogP contribution < -0.4 is 5.43 Å². The van der Waals surface area contributed by atoms with Gasteiger partial charge in [-0.05, 0) is 49.1 Å². The third kappa shape index (κ3) is 3.34. The summed E-state index contributed by atoms with van der Waals surface area (Å²) in [5, 5.41) is 0.513. The summed E-state index contributed by atoms with van der Waals surface area (Å²) >= 11 is 0. The van der Waals surface area contributed by atoms with E-state index in [4.69, 9.17) is 4.42 Å². The van der Waals surface area contributed by atoms with Crippen molar-refractivity contribution in [2.24, 2.45) is 0 Å². The fourth-order valence-electron chi connectivity index (χ4n) is 4.35. The van der Waals surface area contributed by atoms with E-state index >= 15 is 0 Å². The van der Waals surface area contributed by atoms with E-state index in [0.717, 1.165) is 22.3 Å². The molecule has 1 aliphatic rings. The van der Waals surface area contributed by atoms with E-state index < -0.39 is 6.04 Å². The molecule has 0 radical (unpaired) electrons. The zero-order valence-corrected chi connectivity index (χ0v) is 17.6. The van der Waals surface area contributed by atoms with Gasteiger partial charge in [0.1, 0.15) is 5.58 Å². The summed E-state index contributed by atoms with van der Waals surface area (Å²) < 4.78 is 6.04. The fourth-order valence-corrected chi connectivity index (χ4v) is 4.35. The molecule has 0 bridgehead atoms. The third-order valence-corrected chi connectivity index (χ3v) is 6.00. The maximum absolute atomic E-state index is 13.5. The van der Waals surface area contributed by atoms with Gasteiger partial charge in [-0.15, -0.1) is 0 Å². The molecule has 1 atom stereocenters. The van der Waals surface area contributed by atoms with E-state index in [1.165, 1.54) is 0 Å². The molecule has 4 aromatic rings. The minimum Gasteiger partial charge on any atom is -0.450 e. The SMILES string of the molecule is Cc1ccc([C@@H]2c3c(oc4cc(C)ccc4c3=O)C(=O)N2CCc2ccccc2)cc1. The topological polar surface area (TPSA) is 50.5 Å². The molecule has 0 unspecified atom stereocenters. The predicted molar refractivity (Wildman–Crippen MR) is 121 cm³/mol. The minimum atomic E-state index is -0.450. The lowest BCUT2D eigenvalue weighted by atomic mass is 9.97. The number of fused-ring (bicyclic) bond motifs is 2. The van der Waals surface area contributed by atoms with E-state index in [0.29, 0.717) is 29.5 Å². The smallest absolute Gasteiger partial charge is 0.290 e. The van der Waals surface area contributed by atoms with Crippen LogP contribution in [0, 0.1) is 13.8 Å². The molecule has 0 saturated carbocycles. The molecule has 0 saturated heterocycles. The Hall–Kier alpha value is -3.66. The zero-order chi connectivity index (χ0) is 21.5. The van der Waals surface area contributed by atoms with Crippen molar-refractivity contribution in [3.05, 3.63) is 117 Å². The first kappa shape index (κ1) is 19.3. The summed E-state index contributed by atoms with van der Waals surface area (Å²) in [5.41, 5.74) is 4.96. The molecule has 4 heteroatoms. The van der Waals surface area contributed by atoms with Crippen molar-refractivity contribution < 1.29 is 9.21 Å². The quantitative estimate of drug-likeness (QED) is 0.466. The van der Waals surface area contributed by atoms with Crippen LogP contribution in [-0.2, 0) is 6.42 Å². The summed E-state index contributed by atoms with van der Waals surface area (Å²) in [5.74, 6) is -0.0567. The Morgan fingerprint density at radius 2 is 1.58 bits per heavy atom. The number of carbonyl (C=O) groups is 1. The van der Waals surface area contributed by atoms with Crippen LogP contribution in [0.3, 0.4) is 0 Å². The summed E-state index contributed by atoms with van der Waals surface area (Å²) in [7, 11) is 0. The Balaban J connectivity index is 1.65. The van der Waals surface area contributed by atoms with Crippen molar-refractivity contribution >= 4 is 16.9 Å². The molecule has 154 valence electrons. The van der Waals surface area contributed by atoms with Gasteiger partial charge in [-0.3, -0.25) is 9.59 Å². The van der Waals surface area contributed by atoms with E-state index in [9.17, 15) is 9.59 Å². The van der Waals surface area contributed by atoms with E-state index in [1.54, 1.807) is 11.0 Å². The molecule has 31 heavy (non-hydrogen) atoms. The Morgan fingerprint density at radius 1 is 0.871 bits per heavy atom. The molecule has 2 heterocycles. The molecule has 1 aliphatic heterocycles. The summed E-state index contributed by atoms with van der Waals surface area (Å²) in [6.07, 6.45) is 0.704. The average Bonchev–Trinajstić information content (AvgIpc) is 3.05. The van der Waals surface area contributed by atoms with Gasteiger partial charge in [0.2, 0.25) is 5.76 Å². The fraction of sp³-hybridized carbons (Fsp3) is 0.185. The van der Waals surface area contributed by atoms with Crippen molar-refractivity contribution in [2.75, 3.05) is 6.54 Å². The predicted octanol–water partition coefficient (Wildman–Crippen LogP) is 5.20. The van der Waals surface area contributed by atoms with Gasteiger partial charge in [0.25, 0.3) is 5.91 Å². The van der Waals surface area contributed by atoms with Gasteiger partial charge in [-0.25, -0.2) is 0 Å². The van der Waals surface area contributed by atoms with Gasteiger partial charge in [-0.2, -0.15) is 0 Å². The van der Waals surface area contributed by atoms with Crippen LogP contribution in [-0.4, -0.2) is 17.4 Å². The molecule has 0 fully saturated rings. The maximum Gasteiger partial charge on any atom is 0.290 e. The van der Waals surface area contributed by atoms with Gasteiger partial charge in [-0.1, -0.05) is 66.2 Å². The van der Waals surface area contributed by atoms with E-state index in [-0.39, 0.29) is 17.1 Å². The molecular formula is C27H23NO3. The lowest BCUT2D eigenvalue weighted by molar-refractivity contribution is 0.0730. The number of benzene rings is 3. The van der Waals surface area contributed by atoms with Crippen molar-refractivity contribution in [1.29, 1.82) is 0 Å². The number of nitrogens with zero attached hydrogens (tertiary/aromatic N) is 1. The second-order valence-electron chi connectivity index (χ2n) is 8.22. The lowest BCUT2D eigenvalue weighted by Gasteiger charge is -2.25. The van der Waals surface area contributed by atoms with Crippen molar-refractivity contribution in [3.63, 3.8) is 0 Å². The van der Waals surface area contributed by atoms with Gasteiger partial charge in [0.15, 0.2) is 5.43 Å². The monoisotopic (exact) mass is 409 g/mol. The van der Waals surface area contributed by atoms with Gasteiger partial charge >= 0.3 is 0 Å². The molecule has 3 aromatic carbocycles. The average molecular weight is 409 g/mol. The highest BCUT2D eigenvalue weighted by Gasteiger charge is 2.42. The molecule has 1 amide bonds. The molecule has 0 aliphatic carbocycles.